The van der Waals surface area contributed by atoms with Crippen LogP contribution in [0.5, 0.6) is 0 Å². The number of hydrogen-bond acceptors (Lipinski definition) is 4. The van der Waals surface area contributed by atoms with Crippen molar-refractivity contribution in [3.05, 3.63) is 71.5 Å². The summed E-state index contributed by atoms with van der Waals surface area (Å²) in [6.07, 6.45) is 6.88. The highest BCUT2D eigenvalue weighted by atomic mass is 32.2. The van der Waals surface area contributed by atoms with E-state index < -0.39 is 0 Å². The van der Waals surface area contributed by atoms with Crippen LogP contribution in [0.1, 0.15) is 40.7 Å². The molecule has 4 rings (SSSR count). The van der Waals surface area contributed by atoms with Gasteiger partial charge in [-0.25, -0.2) is 4.98 Å². The number of piperidine rings is 1. The number of thioether (sulfide) groups is 1. The van der Waals surface area contributed by atoms with E-state index in [2.05, 4.69) is 36.3 Å². The first-order chi connectivity index (χ1) is 15.5. The molecule has 3 aromatic rings. The van der Waals surface area contributed by atoms with Crippen molar-refractivity contribution in [2.45, 2.75) is 38.3 Å². The van der Waals surface area contributed by atoms with E-state index in [4.69, 9.17) is 0 Å². The monoisotopic (exact) mass is 448 g/mol. The summed E-state index contributed by atoms with van der Waals surface area (Å²) in [5.74, 6) is 0.0248. The van der Waals surface area contributed by atoms with Crippen LogP contribution in [0.3, 0.4) is 0 Å². The molecule has 0 saturated carbocycles. The number of carbonyl (C=O) groups excluding carboxylic acids is 2. The van der Waals surface area contributed by atoms with Crippen molar-refractivity contribution in [1.29, 1.82) is 0 Å². The summed E-state index contributed by atoms with van der Waals surface area (Å²) in [7, 11) is 0. The van der Waals surface area contributed by atoms with Gasteiger partial charge in [0, 0.05) is 25.5 Å². The maximum Gasteiger partial charge on any atom is 0.255 e. The van der Waals surface area contributed by atoms with Gasteiger partial charge in [-0.15, -0.1) is 0 Å². The van der Waals surface area contributed by atoms with Gasteiger partial charge in [0.2, 0.25) is 5.91 Å². The molecular formula is C25H28N4O2S. The first-order valence-electron chi connectivity index (χ1n) is 11.0. The zero-order valence-corrected chi connectivity index (χ0v) is 19.3. The first-order valence-corrected chi connectivity index (χ1v) is 11.9. The third kappa shape index (κ3) is 4.88. The minimum absolute atomic E-state index is 0.0151. The fourth-order valence-electron chi connectivity index (χ4n) is 3.94. The Kier molecular flexibility index (Phi) is 6.95. The minimum atomic E-state index is -0.163. The fourth-order valence-corrected chi connectivity index (χ4v) is 4.70. The Balaban J connectivity index is 1.43. The standard InChI is InChI=1S/C25H28N4O2S/c1-18-9-8-12-22(19(18)2)29-16-13-26-25(29)32-17-23(30)27-21-11-5-4-10-20(21)24(31)28-14-6-3-7-15-28/h4-5,8-13,16H,3,6-7,14-15,17H2,1-2H3,(H,27,30). The van der Waals surface area contributed by atoms with Crippen LogP contribution in [0.4, 0.5) is 5.69 Å². The molecule has 1 saturated heterocycles. The lowest BCUT2D eigenvalue weighted by atomic mass is 10.1. The number of benzene rings is 2. The molecule has 0 atom stereocenters. The van der Waals surface area contributed by atoms with Gasteiger partial charge >= 0.3 is 0 Å². The Bertz CT molecular complexity index is 1120. The van der Waals surface area contributed by atoms with Gasteiger partial charge in [-0.05, 0) is 62.4 Å². The van der Waals surface area contributed by atoms with Crippen LogP contribution in [0.25, 0.3) is 5.69 Å². The molecule has 0 radical (unpaired) electrons. The van der Waals surface area contributed by atoms with Gasteiger partial charge in [-0.3, -0.25) is 14.2 Å². The molecule has 2 heterocycles. The van der Waals surface area contributed by atoms with Crippen LogP contribution in [0, 0.1) is 13.8 Å². The predicted octanol–water partition coefficient (Wildman–Crippen LogP) is 4.85. The van der Waals surface area contributed by atoms with Gasteiger partial charge < -0.3 is 10.2 Å². The number of rotatable bonds is 6. The summed E-state index contributed by atoms with van der Waals surface area (Å²) < 4.78 is 2.01. The Morgan fingerprint density at radius 1 is 1.03 bits per heavy atom. The molecule has 32 heavy (non-hydrogen) atoms. The van der Waals surface area contributed by atoms with Gasteiger partial charge in [-0.2, -0.15) is 0 Å². The summed E-state index contributed by atoms with van der Waals surface area (Å²) in [5, 5.41) is 3.68. The van der Waals surface area contributed by atoms with Gasteiger partial charge in [0.05, 0.1) is 22.7 Å². The van der Waals surface area contributed by atoms with Crippen LogP contribution in [0.15, 0.2) is 60.0 Å². The number of amides is 2. The third-order valence-corrected chi connectivity index (χ3v) is 6.82. The van der Waals surface area contributed by atoms with Crippen molar-refractivity contribution in [1.82, 2.24) is 14.5 Å². The number of nitrogens with one attached hydrogen (secondary N) is 1. The summed E-state index contributed by atoms with van der Waals surface area (Å²) in [5.41, 5.74) is 4.56. The van der Waals surface area contributed by atoms with E-state index in [-0.39, 0.29) is 17.6 Å². The summed E-state index contributed by atoms with van der Waals surface area (Å²) in [6.45, 7) is 5.72. The number of anilines is 1. The van der Waals surface area contributed by atoms with E-state index in [9.17, 15) is 9.59 Å². The Hall–Kier alpha value is -3.06. The molecule has 0 unspecified atom stereocenters. The van der Waals surface area contributed by atoms with Crippen molar-refractivity contribution < 1.29 is 9.59 Å². The molecule has 166 valence electrons. The maximum atomic E-state index is 13.0. The lowest BCUT2D eigenvalue weighted by Crippen LogP contribution is -2.36. The molecule has 0 aliphatic carbocycles. The molecule has 1 N–H and O–H groups in total. The molecule has 1 aliphatic heterocycles. The van der Waals surface area contributed by atoms with Crippen LogP contribution < -0.4 is 5.32 Å². The molecule has 1 aromatic heterocycles. The Morgan fingerprint density at radius 3 is 2.62 bits per heavy atom. The van der Waals surface area contributed by atoms with E-state index in [1.165, 1.54) is 22.9 Å². The summed E-state index contributed by atoms with van der Waals surface area (Å²) in [6, 6.07) is 13.4. The maximum absolute atomic E-state index is 13.0. The smallest absolute Gasteiger partial charge is 0.255 e. The lowest BCUT2D eigenvalue weighted by Gasteiger charge is -2.27. The molecule has 2 amide bonds. The van der Waals surface area contributed by atoms with Crippen LogP contribution in [0.2, 0.25) is 0 Å². The summed E-state index contributed by atoms with van der Waals surface area (Å²) >= 11 is 1.38. The summed E-state index contributed by atoms with van der Waals surface area (Å²) in [4.78, 5) is 32.0. The van der Waals surface area contributed by atoms with Gasteiger partial charge in [0.25, 0.3) is 5.91 Å². The number of imidazole rings is 1. The number of carbonyl (C=O) groups is 2. The van der Waals surface area contributed by atoms with Gasteiger partial charge in [-0.1, -0.05) is 36.0 Å². The van der Waals surface area contributed by atoms with Gasteiger partial charge in [0.15, 0.2) is 5.16 Å². The molecule has 7 heteroatoms. The largest absolute Gasteiger partial charge is 0.339 e. The van der Waals surface area contributed by atoms with E-state index >= 15 is 0 Å². The minimum Gasteiger partial charge on any atom is -0.339 e. The number of hydrogen-bond donors (Lipinski definition) is 1. The Labute approximate surface area is 193 Å². The van der Waals surface area contributed by atoms with Crippen LogP contribution >= 0.6 is 11.8 Å². The van der Waals surface area contributed by atoms with E-state index in [1.54, 1.807) is 18.3 Å². The van der Waals surface area contributed by atoms with Crippen molar-refractivity contribution in [3.8, 4) is 5.69 Å². The molecular weight excluding hydrogens is 420 g/mol. The van der Waals surface area contributed by atoms with E-state index in [0.717, 1.165) is 43.2 Å². The number of nitrogens with zero attached hydrogens (tertiary/aromatic N) is 3. The quantitative estimate of drug-likeness (QED) is 0.548. The fraction of sp³-hybridized carbons (Fsp3) is 0.320. The van der Waals surface area contributed by atoms with E-state index in [1.807, 2.05) is 33.9 Å². The predicted molar refractivity (Wildman–Crippen MR) is 129 cm³/mol. The Morgan fingerprint density at radius 2 is 1.81 bits per heavy atom. The number of para-hydroxylation sites is 1. The normalized spacial score (nSPS) is 13.8. The van der Waals surface area contributed by atoms with Crippen molar-refractivity contribution in [3.63, 3.8) is 0 Å². The molecule has 0 bridgehead atoms. The first kappa shape index (κ1) is 22.1. The SMILES string of the molecule is Cc1cccc(-n2ccnc2SCC(=O)Nc2ccccc2C(=O)N2CCCCC2)c1C. The third-order valence-electron chi connectivity index (χ3n) is 5.85. The highest BCUT2D eigenvalue weighted by Gasteiger charge is 2.21. The lowest BCUT2D eigenvalue weighted by molar-refractivity contribution is -0.113. The molecule has 2 aromatic carbocycles. The highest BCUT2D eigenvalue weighted by molar-refractivity contribution is 7.99. The van der Waals surface area contributed by atoms with Crippen LogP contribution in [-0.2, 0) is 4.79 Å². The zero-order valence-electron chi connectivity index (χ0n) is 18.5. The van der Waals surface area contributed by atoms with Crippen molar-refractivity contribution in [2.75, 3.05) is 24.2 Å². The van der Waals surface area contributed by atoms with Crippen molar-refractivity contribution in [2.24, 2.45) is 0 Å². The number of aromatic nitrogens is 2. The van der Waals surface area contributed by atoms with E-state index in [0.29, 0.717) is 11.3 Å². The highest BCUT2D eigenvalue weighted by Crippen LogP contribution is 2.25. The average Bonchev–Trinajstić information content (AvgIpc) is 3.28. The molecule has 1 fully saturated rings. The second-order valence-electron chi connectivity index (χ2n) is 8.03. The second-order valence-corrected chi connectivity index (χ2v) is 8.98. The van der Waals surface area contributed by atoms with Gasteiger partial charge in [0.1, 0.15) is 0 Å². The number of likely N-dealkylation sites (tertiary alicyclic amines) is 1. The number of aryl methyl sites for hydroxylation is 1. The molecule has 0 spiro atoms. The topological polar surface area (TPSA) is 67.2 Å². The van der Waals surface area contributed by atoms with Crippen LogP contribution in [-0.4, -0.2) is 45.1 Å². The molecule has 6 nitrogen and oxygen atoms in total. The van der Waals surface area contributed by atoms with Crippen molar-refractivity contribution >= 4 is 29.3 Å². The molecule has 1 aliphatic rings. The zero-order chi connectivity index (χ0) is 22.5. The average molecular weight is 449 g/mol. The second kappa shape index (κ2) is 10.0.